The van der Waals surface area contributed by atoms with Gasteiger partial charge < -0.3 is 15.7 Å². The highest BCUT2D eigenvalue weighted by atomic mass is 16.4. The Labute approximate surface area is 125 Å². The number of aromatic carboxylic acids is 1. The molecule has 1 aromatic heterocycles. The van der Waals surface area contributed by atoms with Crippen LogP contribution in [0.15, 0.2) is 18.3 Å². The minimum Gasteiger partial charge on any atom is -0.477 e. The number of rotatable bonds is 8. The largest absolute Gasteiger partial charge is 0.477 e. The van der Waals surface area contributed by atoms with Crippen molar-refractivity contribution in [3.05, 3.63) is 24.0 Å². The van der Waals surface area contributed by atoms with Gasteiger partial charge in [-0.1, -0.05) is 33.1 Å². The molecule has 0 saturated carbocycles. The summed E-state index contributed by atoms with van der Waals surface area (Å²) in [5.74, 6) is -0.601. The monoisotopic (exact) mass is 293 g/mol. The highest BCUT2D eigenvalue weighted by molar-refractivity contribution is 5.90. The second-order valence-corrected chi connectivity index (χ2v) is 4.99. The van der Waals surface area contributed by atoms with Crippen LogP contribution in [0.2, 0.25) is 0 Å². The van der Waals surface area contributed by atoms with Crippen LogP contribution >= 0.6 is 0 Å². The molecule has 0 aliphatic carbocycles. The molecule has 0 spiro atoms. The van der Waals surface area contributed by atoms with E-state index < -0.39 is 5.97 Å². The van der Waals surface area contributed by atoms with E-state index in [1.165, 1.54) is 24.8 Å². The first-order valence-electron chi connectivity index (χ1n) is 7.31. The summed E-state index contributed by atoms with van der Waals surface area (Å²) in [6.45, 7) is 4.91. The number of carboxylic acids is 1. The molecule has 1 heterocycles. The number of carboxylic acid groups (broad SMARTS) is 1. The van der Waals surface area contributed by atoms with E-state index in [1.54, 1.807) is 0 Å². The molecule has 1 unspecified atom stereocenters. The molecule has 1 atom stereocenters. The van der Waals surface area contributed by atoms with E-state index in [-0.39, 0.29) is 11.7 Å². The molecule has 0 saturated heterocycles. The lowest BCUT2D eigenvalue weighted by Gasteiger charge is -2.15. The van der Waals surface area contributed by atoms with Crippen molar-refractivity contribution in [2.45, 2.75) is 39.5 Å². The fraction of sp³-hybridized carbons (Fsp3) is 0.533. The van der Waals surface area contributed by atoms with E-state index in [9.17, 15) is 9.59 Å². The Bertz CT molecular complexity index is 460. The van der Waals surface area contributed by atoms with Gasteiger partial charge in [-0.25, -0.2) is 14.6 Å². The van der Waals surface area contributed by atoms with Gasteiger partial charge in [-0.2, -0.15) is 0 Å². The third-order valence-electron chi connectivity index (χ3n) is 3.34. The van der Waals surface area contributed by atoms with Gasteiger partial charge in [0.05, 0.1) is 11.9 Å². The summed E-state index contributed by atoms with van der Waals surface area (Å²) in [6.07, 6.45) is 5.81. The Balaban J connectivity index is 2.40. The van der Waals surface area contributed by atoms with Crippen molar-refractivity contribution in [1.29, 1.82) is 0 Å². The molecule has 116 valence electrons. The van der Waals surface area contributed by atoms with Gasteiger partial charge in [-0.15, -0.1) is 0 Å². The van der Waals surface area contributed by atoms with Gasteiger partial charge in [0.25, 0.3) is 0 Å². The first-order valence-corrected chi connectivity index (χ1v) is 7.31. The van der Waals surface area contributed by atoms with E-state index in [0.29, 0.717) is 18.2 Å². The average Bonchev–Trinajstić information content (AvgIpc) is 2.48. The molecule has 6 nitrogen and oxygen atoms in total. The Morgan fingerprint density at radius 1 is 1.33 bits per heavy atom. The Morgan fingerprint density at radius 2 is 2.10 bits per heavy atom. The third-order valence-corrected chi connectivity index (χ3v) is 3.34. The number of carbonyl (C=O) groups is 2. The van der Waals surface area contributed by atoms with Gasteiger partial charge >= 0.3 is 12.0 Å². The number of amides is 2. The van der Waals surface area contributed by atoms with E-state index in [0.717, 1.165) is 19.3 Å². The fourth-order valence-corrected chi connectivity index (χ4v) is 1.95. The second kappa shape index (κ2) is 8.94. The van der Waals surface area contributed by atoms with E-state index in [1.807, 2.05) is 0 Å². The van der Waals surface area contributed by atoms with Crippen molar-refractivity contribution in [2.75, 3.05) is 11.9 Å². The van der Waals surface area contributed by atoms with Crippen LogP contribution in [0.4, 0.5) is 10.5 Å². The van der Waals surface area contributed by atoms with Gasteiger partial charge in [-0.05, 0) is 24.5 Å². The molecule has 21 heavy (non-hydrogen) atoms. The minimum absolute atomic E-state index is 0.0495. The van der Waals surface area contributed by atoms with Crippen LogP contribution in [-0.4, -0.2) is 28.6 Å². The smallest absolute Gasteiger partial charge is 0.354 e. The molecule has 1 rings (SSSR count). The number of hydrogen-bond donors (Lipinski definition) is 3. The van der Waals surface area contributed by atoms with Crippen molar-refractivity contribution in [1.82, 2.24) is 10.3 Å². The quantitative estimate of drug-likeness (QED) is 0.686. The highest BCUT2D eigenvalue weighted by Gasteiger charge is 2.09. The van der Waals surface area contributed by atoms with Crippen LogP contribution in [0.5, 0.6) is 0 Å². The molecule has 0 fully saturated rings. The molecule has 0 aromatic carbocycles. The maximum absolute atomic E-state index is 11.8. The zero-order valence-electron chi connectivity index (χ0n) is 12.6. The maximum Gasteiger partial charge on any atom is 0.354 e. The third kappa shape index (κ3) is 6.25. The molecular formula is C15H23N3O3. The van der Waals surface area contributed by atoms with Crippen LogP contribution in [-0.2, 0) is 0 Å². The summed E-state index contributed by atoms with van der Waals surface area (Å²) in [7, 11) is 0. The lowest BCUT2D eigenvalue weighted by atomic mass is 9.99. The second-order valence-electron chi connectivity index (χ2n) is 4.99. The van der Waals surface area contributed by atoms with Crippen LogP contribution in [0.1, 0.15) is 50.0 Å². The van der Waals surface area contributed by atoms with Crippen molar-refractivity contribution >= 4 is 17.7 Å². The summed E-state index contributed by atoms with van der Waals surface area (Å²) < 4.78 is 0. The number of aromatic nitrogens is 1. The summed E-state index contributed by atoms with van der Waals surface area (Å²) in [5.41, 5.74) is 0.422. The van der Waals surface area contributed by atoms with Crippen molar-refractivity contribution in [3.63, 3.8) is 0 Å². The standard InChI is InChI=1S/C15H23N3O3/c1-3-5-6-11(4-2)9-17-15(21)18-12-7-8-13(14(19)20)16-10-12/h7-8,10-11H,3-6,9H2,1-2H3,(H,19,20)(H2,17,18,21). The van der Waals surface area contributed by atoms with Crippen LogP contribution in [0.25, 0.3) is 0 Å². The summed E-state index contributed by atoms with van der Waals surface area (Å²) >= 11 is 0. The van der Waals surface area contributed by atoms with Gasteiger partial charge in [-0.3, -0.25) is 0 Å². The molecular weight excluding hydrogens is 270 g/mol. The topological polar surface area (TPSA) is 91.3 Å². The number of anilines is 1. The number of nitrogens with zero attached hydrogens (tertiary/aromatic N) is 1. The van der Waals surface area contributed by atoms with E-state index in [2.05, 4.69) is 29.5 Å². The van der Waals surface area contributed by atoms with Crippen molar-refractivity contribution in [3.8, 4) is 0 Å². The number of urea groups is 1. The number of hydrogen-bond acceptors (Lipinski definition) is 3. The van der Waals surface area contributed by atoms with Crippen molar-refractivity contribution < 1.29 is 14.7 Å². The van der Waals surface area contributed by atoms with Crippen molar-refractivity contribution in [2.24, 2.45) is 5.92 Å². The van der Waals surface area contributed by atoms with Gasteiger partial charge in [0.2, 0.25) is 0 Å². The Morgan fingerprint density at radius 3 is 2.62 bits per heavy atom. The zero-order chi connectivity index (χ0) is 15.7. The van der Waals surface area contributed by atoms with Gasteiger partial charge in [0, 0.05) is 6.54 Å². The SMILES string of the molecule is CCCCC(CC)CNC(=O)Nc1ccc(C(=O)O)nc1. The maximum atomic E-state index is 11.8. The molecule has 1 aromatic rings. The first-order chi connectivity index (χ1) is 10.1. The predicted molar refractivity (Wildman–Crippen MR) is 81.5 cm³/mol. The summed E-state index contributed by atoms with van der Waals surface area (Å²) in [5, 5.41) is 14.2. The molecule has 0 aliphatic heterocycles. The Kier molecular flexibility index (Phi) is 7.21. The van der Waals surface area contributed by atoms with E-state index in [4.69, 9.17) is 5.11 Å². The zero-order valence-corrected chi connectivity index (χ0v) is 12.6. The lowest BCUT2D eigenvalue weighted by Crippen LogP contribution is -2.33. The number of carbonyl (C=O) groups excluding carboxylic acids is 1. The Hall–Kier alpha value is -2.11. The summed E-state index contributed by atoms with van der Waals surface area (Å²) in [4.78, 5) is 26.2. The molecule has 6 heteroatoms. The fourth-order valence-electron chi connectivity index (χ4n) is 1.95. The average molecular weight is 293 g/mol. The molecule has 3 N–H and O–H groups in total. The molecule has 0 radical (unpaired) electrons. The van der Waals surface area contributed by atoms with E-state index >= 15 is 0 Å². The number of unbranched alkanes of at least 4 members (excludes halogenated alkanes) is 1. The highest BCUT2D eigenvalue weighted by Crippen LogP contribution is 2.11. The summed E-state index contributed by atoms with van der Waals surface area (Å²) in [6, 6.07) is 2.58. The lowest BCUT2D eigenvalue weighted by molar-refractivity contribution is 0.0690. The first kappa shape index (κ1) is 16.9. The normalized spacial score (nSPS) is 11.7. The van der Waals surface area contributed by atoms with Crippen LogP contribution in [0, 0.1) is 5.92 Å². The number of pyridine rings is 1. The minimum atomic E-state index is -1.09. The van der Waals surface area contributed by atoms with Crippen LogP contribution in [0.3, 0.4) is 0 Å². The molecule has 0 aliphatic rings. The van der Waals surface area contributed by atoms with Gasteiger partial charge in [0.15, 0.2) is 0 Å². The van der Waals surface area contributed by atoms with Gasteiger partial charge in [0.1, 0.15) is 5.69 Å². The van der Waals surface area contributed by atoms with Crippen LogP contribution < -0.4 is 10.6 Å². The number of nitrogens with one attached hydrogen (secondary N) is 2. The predicted octanol–water partition coefficient (Wildman–Crippen LogP) is 3.12. The molecule has 0 bridgehead atoms. The molecule has 2 amide bonds.